The highest BCUT2D eigenvalue weighted by Gasteiger charge is 2.43. The summed E-state index contributed by atoms with van der Waals surface area (Å²) in [6, 6.07) is -24.0. The van der Waals surface area contributed by atoms with Crippen LogP contribution in [0.4, 0.5) is 0 Å². The maximum Gasteiger partial charge on any atom is 0.322 e. The number of aliphatic hydroxyl groups is 1. The smallest absolute Gasteiger partial charge is 0.322 e. The van der Waals surface area contributed by atoms with Gasteiger partial charge in [-0.1, -0.05) is 74.7 Å². The summed E-state index contributed by atoms with van der Waals surface area (Å²) in [5.41, 5.74) is 67.8. The molecule has 57 nitrogen and oxygen atoms in total. The third-order valence-corrected chi connectivity index (χ3v) is 23.4. The van der Waals surface area contributed by atoms with Gasteiger partial charge in [-0.05, 0) is 173 Å². The first-order valence-corrected chi connectivity index (χ1v) is 48.3. The van der Waals surface area contributed by atoms with E-state index >= 15 is 0 Å². The third kappa shape index (κ3) is 51.4. The molecule has 1 aliphatic heterocycles. The fourth-order valence-corrected chi connectivity index (χ4v) is 14.6. The minimum Gasteiger partial charge on any atom is -0.481 e. The van der Waals surface area contributed by atoms with Crippen LogP contribution in [0.3, 0.4) is 0 Å². The summed E-state index contributed by atoms with van der Waals surface area (Å²) in [4.78, 5) is 289. The van der Waals surface area contributed by atoms with Gasteiger partial charge in [-0.15, -0.1) is 0 Å². The molecule has 0 radical (unpaired) electrons. The molecule has 1 aliphatic rings. The van der Waals surface area contributed by atoms with E-state index in [1.807, 2.05) is 0 Å². The number of nitrogens with one attached hydrogen (secondary N) is 20. The Morgan fingerprint density at radius 2 is 0.699 bits per heavy atom. The molecule has 0 unspecified atom stereocenters. The molecule has 0 bridgehead atoms. The Hall–Kier alpha value is -11.7. The van der Waals surface area contributed by atoms with Crippen molar-refractivity contribution >= 4 is 124 Å². The zero-order valence-corrected chi connectivity index (χ0v) is 83.7. The van der Waals surface area contributed by atoms with E-state index in [1.54, 1.807) is 48.5 Å². The number of hydrogen-bond acceptors (Lipinski definition) is 36. The minimum atomic E-state index is -1.84. The molecule has 47 N–H and O–H groups in total. The topological polar surface area (TPSA) is 975 Å². The van der Waals surface area contributed by atoms with Crippen LogP contribution in [-0.2, 0) is 101 Å². The second kappa shape index (κ2) is 68.5. The molecular formula is C86H163N33O24. The average molecular weight is 2040 g/mol. The van der Waals surface area contributed by atoms with E-state index in [4.69, 9.17) is 73.9 Å². The number of carbonyl (C=O) groups is 21. The summed E-state index contributed by atoms with van der Waals surface area (Å²) in [5, 5.41) is 80.9. The monoisotopic (exact) mass is 2040 g/mol. The van der Waals surface area contributed by atoms with E-state index in [0.717, 1.165) is 6.92 Å². The fraction of sp³-hybridized carbons (Fsp3) is 0.756. The summed E-state index contributed by atoms with van der Waals surface area (Å²) in [6.07, 6.45) is -6.68. The van der Waals surface area contributed by atoms with Crippen LogP contribution >= 0.6 is 0 Å². The number of rotatable bonds is 74. The molecule has 0 aliphatic carbocycles. The molecule has 816 valence electrons. The SMILES string of the molecule is CC[C@H](C)[C@H](NC(=O)CNC(=O)[C@H](CCC(N)=O)NC(=O)[C@@H](NC(=O)[C@H](CC(N)=O)NC(=O)[C@@H](N)CC(=O)O)[C@@H](C)CC)C(=O)N[C@H](C(=O)N[C@@H](CCCCN)C(=O)N1CCC[C@H]1C(=O)N[C@@H](C)C(=O)N[C@H](C(=O)N[C@@H](CCCNC(N)N)C(=O)N[C@@H](CCCNC(N)N)C(=O)N[C@@H](CC(C)C)C(=O)N[C@@H](C)C(=O)N[C@@H](CCCNC(N)N)C(=O)N[C@@H](CCCNC(N)N)C(=O)NCC(=O)O)[C@@H](C)CC)[C@@H](C)O. The molecule has 1 fully saturated rings. The van der Waals surface area contributed by atoms with E-state index in [9.17, 15) is 111 Å². The highest BCUT2D eigenvalue weighted by atomic mass is 16.4. The lowest BCUT2D eigenvalue weighted by Crippen LogP contribution is -2.62. The number of carboxylic acid groups (broad SMARTS) is 2. The van der Waals surface area contributed by atoms with Crippen molar-refractivity contribution in [2.45, 2.75) is 339 Å². The lowest BCUT2D eigenvalue weighted by molar-refractivity contribution is -0.143. The van der Waals surface area contributed by atoms with Crippen molar-refractivity contribution in [3.8, 4) is 0 Å². The van der Waals surface area contributed by atoms with E-state index in [0.29, 0.717) is 6.42 Å². The highest BCUT2D eigenvalue weighted by molar-refractivity contribution is 6.02. The maximum absolute atomic E-state index is 14.9. The summed E-state index contributed by atoms with van der Waals surface area (Å²) < 4.78 is 0. The predicted octanol–water partition coefficient (Wildman–Crippen LogP) is -14.0. The van der Waals surface area contributed by atoms with Crippen molar-refractivity contribution in [2.24, 2.45) is 92.5 Å². The molecule has 20 atom stereocenters. The van der Waals surface area contributed by atoms with Gasteiger partial charge in [0.1, 0.15) is 122 Å². The summed E-state index contributed by atoms with van der Waals surface area (Å²) >= 11 is 0. The molecule has 57 heteroatoms. The average Bonchev–Trinajstić information content (AvgIpc) is 1.69. The number of amides is 19. The van der Waals surface area contributed by atoms with Crippen LogP contribution in [0.5, 0.6) is 0 Å². The van der Waals surface area contributed by atoms with Crippen LogP contribution in [0.25, 0.3) is 0 Å². The first-order valence-electron chi connectivity index (χ1n) is 48.3. The highest BCUT2D eigenvalue weighted by Crippen LogP contribution is 2.22. The predicted molar refractivity (Wildman–Crippen MR) is 519 cm³/mol. The van der Waals surface area contributed by atoms with Crippen molar-refractivity contribution in [3.05, 3.63) is 0 Å². The van der Waals surface area contributed by atoms with Gasteiger partial charge < -0.3 is 174 Å². The van der Waals surface area contributed by atoms with Gasteiger partial charge in [0.2, 0.25) is 112 Å². The standard InChI is InChI=1S/C86H163N33O24/c1-12-42(6)63(115-60(123)39-103-71(132)53(28-29-58(89)121)111-79(140)65(44(8)14-3)117-76(137)56(38-59(90)122)113-69(130)48(88)37-61(124)125)80(141)118-66(47(11)120)81(142)112-54(22-15-16-30-87)82(143)119-35-21-27-57(119)77(138)106-46(10)68(129)116-64(43(7)13-2)78(139)110-52(26-20-34-102-86(97)98)73(134)109-51(25-19-33-101-85(95)96)74(135)114-55(36-41(4)5)75(136)105-45(9)67(128)107-50(24-18-32-100-84(93)94)72(133)108-49(23-17-31-99-83(91)92)70(131)104-40-62(126)127/h41-57,63-66,83-86,99-102,120H,12-40,87-88,91-98H2,1-11H3,(H2,89,121)(H2,90,122)(H,103,132)(H,104,131)(H,105,136)(H,106,138)(H,107,128)(H,108,133)(H,109,134)(H,110,139)(H,111,140)(H,112,142)(H,113,130)(H,114,135)(H,115,123)(H,116,129)(H,117,137)(H,118,141)(H,124,125)(H,126,127)/t42-,43-,44-,45-,46-,47+,48-,49-,50-,51-,52-,53-,54-,55-,56-,57-,63-,64-,65-,66-/m0/s1. The molecule has 0 spiro atoms. The van der Waals surface area contributed by atoms with Crippen LogP contribution in [0.1, 0.15) is 211 Å². The van der Waals surface area contributed by atoms with Gasteiger partial charge in [-0.2, -0.15) is 0 Å². The lowest BCUT2D eigenvalue weighted by atomic mass is 9.96. The number of aliphatic hydroxyl groups excluding tert-OH is 1. The van der Waals surface area contributed by atoms with Gasteiger partial charge in [0.15, 0.2) is 0 Å². The third-order valence-electron chi connectivity index (χ3n) is 23.4. The number of primary amides is 2. The molecule has 0 saturated carbocycles. The van der Waals surface area contributed by atoms with Crippen molar-refractivity contribution in [2.75, 3.05) is 52.4 Å². The Morgan fingerprint density at radius 3 is 1.11 bits per heavy atom. The lowest BCUT2D eigenvalue weighted by Gasteiger charge is -2.32. The van der Waals surface area contributed by atoms with Crippen LogP contribution in [0, 0.1) is 23.7 Å². The molecule has 0 aromatic carbocycles. The van der Waals surface area contributed by atoms with Gasteiger partial charge >= 0.3 is 11.9 Å². The van der Waals surface area contributed by atoms with Gasteiger partial charge in [0.25, 0.3) is 0 Å². The number of nitrogens with two attached hydrogens (primary N) is 12. The molecule has 19 amide bonds. The van der Waals surface area contributed by atoms with E-state index in [1.165, 1.54) is 25.7 Å². The van der Waals surface area contributed by atoms with Crippen molar-refractivity contribution in [1.29, 1.82) is 0 Å². The number of carbonyl (C=O) groups excluding carboxylic acids is 19. The minimum absolute atomic E-state index is 0.0394. The Balaban J connectivity index is 3.64. The molecule has 0 aromatic heterocycles. The van der Waals surface area contributed by atoms with Crippen LogP contribution in [0.15, 0.2) is 0 Å². The van der Waals surface area contributed by atoms with Crippen molar-refractivity contribution in [3.63, 3.8) is 0 Å². The van der Waals surface area contributed by atoms with Crippen LogP contribution in [0.2, 0.25) is 0 Å². The fourth-order valence-electron chi connectivity index (χ4n) is 14.6. The number of likely N-dealkylation sites (tertiary alicyclic amines) is 1. The zero-order valence-electron chi connectivity index (χ0n) is 83.7. The van der Waals surface area contributed by atoms with E-state index < -0.39 is 309 Å². The maximum atomic E-state index is 14.9. The van der Waals surface area contributed by atoms with E-state index in [-0.39, 0.29) is 148 Å². The number of hydrogen-bond donors (Lipinski definition) is 35. The molecule has 1 saturated heterocycles. The quantitative estimate of drug-likeness (QED) is 0.0199. The second-order valence-corrected chi connectivity index (χ2v) is 36.2. The normalized spacial score (nSPS) is 16.5. The zero-order chi connectivity index (χ0) is 109. The first kappa shape index (κ1) is 129. The summed E-state index contributed by atoms with van der Waals surface area (Å²) in [7, 11) is 0. The van der Waals surface area contributed by atoms with Crippen LogP contribution < -0.4 is 175 Å². The van der Waals surface area contributed by atoms with Gasteiger partial charge in [-0.3, -0.25) is 122 Å². The molecule has 1 rings (SSSR count). The Kier molecular flexibility index (Phi) is 61.9. The molecule has 1 heterocycles. The largest absolute Gasteiger partial charge is 0.481 e. The van der Waals surface area contributed by atoms with Gasteiger partial charge in [-0.25, -0.2) is 0 Å². The number of carboxylic acids is 2. The van der Waals surface area contributed by atoms with Crippen LogP contribution in [-0.4, -0.2) is 325 Å². The summed E-state index contributed by atoms with van der Waals surface area (Å²) in [5.74, 6) is -23.6. The Morgan fingerprint density at radius 1 is 0.350 bits per heavy atom. The van der Waals surface area contributed by atoms with Crippen molar-refractivity contribution in [1.82, 2.24) is 111 Å². The molecular weight excluding hydrogens is 1880 g/mol. The molecule has 143 heavy (non-hydrogen) atoms. The number of nitrogens with zero attached hydrogens (tertiary/aromatic N) is 1. The van der Waals surface area contributed by atoms with E-state index in [2.05, 4.69) is 106 Å². The number of aliphatic carboxylic acids is 2. The van der Waals surface area contributed by atoms with Gasteiger partial charge in [0, 0.05) is 13.0 Å². The summed E-state index contributed by atoms with van der Waals surface area (Å²) in [6.45, 7) is 15.9. The Labute approximate surface area is 831 Å². The first-order chi connectivity index (χ1) is 67.0. The Bertz CT molecular complexity index is 4140. The second-order valence-electron chi connectivity index (χ2n) is 36.2. The van der Waals surface area contributed by atoms with Gasteiger partial charge in [0.05, 0.1) is 31.5 Å². The molecule has 0 aromatic rings. The van der Waals surface area contributed by atoms with Crippen molar-refractivity contribution < 1.29 is 116 Å². The number of unbranched alkanes of at least 4 members (excludes halogenated alkanes) is 1.